The fourth-order valence-electron chi connectivity index (χ4n) is 2.70. The summed E-state index contributed by atoms with van der Waals surface area (Å²) >= 11 is 1.48. The smallest absolute Gasteiger partial charge is 0.303 e. The van der Waals surface area contributed by atoms with Gasteiger partial charge in [-0.15, -0.1) is 0 Å². The molecule has 0 N–H and O–H groups in total. The molecule has 0 spiro atoms. The molecular weight excluding hydrogens is 262 g/mol. The number of hydrogen-bond donors (Lipinski definition) is 0. The molecule has 3 rings (SSSR count). The molecule has 1 fully saturated rings. The molecule has 1 saturated heterocycles. The Balaban J connectivity index is 2.01. The molecule has 5 heteroatoms. The first-order chi connectivity index (χ1) is 9.16. The number of thioether (sulfide) groups is 1. The molecule has 2 atom stereocenters. The lowest BCUT2D eigenvalue weighted by Gasteiger charge is -2.27. The highest BCUT2D eigenvalue weighted by molar-refractivity contribution is 8.00. The molecule has 2 aliphatic heterocycles. The lowest BCUT2D eigenvalue weighted by molar-refractivity contribution is -0.144. The van der Waals surface area contributed by atoms with E-state index in [2.05, 4.69) is 0 Å². The third-order valence-corrected chi connectivity index (χ3v) is 4.77. The van der Waals surface area contributed by atoms with Crippen molar-refractivity contribution in [3.05, 3.63) is 29.8 Å². The van der Waals surface area contributed by atoms with Crippen molar-refractivity contribution in [1.29, 1.82) is 0 Å². The lowest BCUT2D eigenvalue weighted by atomic mass is 10.2. The number of hydrogen-bond acceptors (Lipinski definition) is 4. The Morgan fingerprint density at radius 3 is 3.00 bits per heavy atom. The highest BCUT2D eigenvalue weighted by atomic mass is 32.2. The van der Waals surface area contributed by atoms with E-state index in [1.165, 1.54) is 18.7 Å². The largest absolute Gasteiger partial charge is 0.449 e. The van der Waals surface area contributed by atoms with Gasteiger partial charge in [0.05, 0.1) is 11.6 Å². The first-order valence-electron chi connectivity index (χ1n) is 6.40. The van der Waals surface area contributed by atoms with Gasteiger partial charge in [-0.3, -0.25) is 9.59 Å². The number of benzene rings is 1. The molecule has 0 radical (unpaired) electrons. The van der Waals surface area contributed by atoms with Crippen LogP contribution in [-0.4, -0.2) is 34.8 Å². The summed E-state index contributed by atoms with van der Waals surface area (Å²) in [7, 11) is 0. The van der Waals surface area contributed by atoms with Gasteiger partial charge < -0.3 is 9.64 Å². The van der Waals surface area contributed by atoms with E-state index < -0.39 is 0 Å². The molecule has 2 unspecified atom stereocenters. The minimum atomic E-state index is -0.299. The Morgan fingerprint density at radius 2 is 2.21 bits per heavy atom. The molecule has 100 valence electrons. The first-order valence-corrected chi connectivity index (χ1v) is 7.28. The summed E-state index contributed by atoms with van der Waals surface area (Å²) in [5.41, 5.74) is 0.418. The Labute approximate surface area is 116 Å². The van der Waals surface area contributed by atoms with Crippen molar-refractivity contribution in [3.63, 3.8) is 0 Å². The second kappa shape index (κ2) is 4.89. The molecule has 4 nitrogen and oxygen atoms in total. The molecular formula is C14H15NO3S. The van der Waals surface area contributed by atoms with Crippen molar-refractivity contribution in [3.8, 4) is 0 Å². The standard InChI is InChI=1S/C14H15NO3S/c1-9(16)18-14-11-6-4-8-15(11)13(17)10-5-2-3-7-12(10)19-14/h2-3,5,7,11,14H,4,6,8H2,1H3. The second-order valence-electron chi connectivity index (χ2n) is 4.80. The Bertz CT molecular complexity index is 531. The van der Waals surface area contributed by atoms with Crippen molar-refractivity contribution >= 4 is 23.6 Å². The summed E-state index contributed by atoms with van der Waals surface area (Å²) < 4.78 is 5.42. The van der Waals surface area contributed by atoms with Crippen LogP contribution in [0.15, 0.2) is 29.2 Å². The fraction of sp³-hybridized carbons (Fsp3) is 0.429. The maximum absolute atomic E-state index is 12.5. The summed E-state index contributed by atoms with van der Waals surface area (Å²) in [6.45, 7) is 2.16. The van der Waals surface area contributed by atoms with Gasteiger partial charge >= 0.3 is 5.97 Å². The molecule has 0 saturated carbocycles. The summed E-state index contributed by atoms with van der Waals surface area (Å²) in [6.07, 6.45) is 1.86. The molecule has 1 amide bonds. The van der Waals surface area contributed by atoms with Crippen molar-refractivity contribution in [2.75, 3.05) is 6.54 Å². The van der Waals surface area contributed by atoms with Crippen molar-refractivity contribution in [2.45, 2.75) is 36.1 Å². The number of ether oxygens (including phenoxy) is 1. The molecule has 0 bridgehead atoms. The number of amides is 1. The van der Waals surface area contributed by atoms with Gasteiger partial charge in [0, 0.05) is 18.4 Å². The number of carbonyl (C=O) groups excluding carboxylic acids is 2. The third kappa shape index (κ3) is 2.23. The van der Waals surface area contributed by atoms with Crippen molar-refractivity contribution in [2.24, 2.45) is 0 Å². The maximum atomic E-state index is 12.5. The van der Waals surface area contributed by atoms with Crippen LogP contribution in [0.3, 0.4) is 0 Å². The highest BCUT2D eigenvalue weighted by Gasteiger charge is 2.41. The van der Waals surface area contributed by atoms with E-state index in [9.17, 15) is 9.59 Å². The van der Waals surface area contributed by atoms with Crippen LogP contribution in [0.1, 0.15) is 30.1 Å². The number of nitrogens with zero attached hydrogens (tertiary/aromatic N) is 1. The van der Waals surface area contributed by atoms with Gasteiger partial charge in [-0.1, -0.05) is 23.9 Å². The van der Waals surface area contributed by atoms with Gasteiger partial charge in [0.15, 0.2) is 5.44 Å². The normalized spacial score (nSPS) is 25.5. The minimum Gasteiger partial charge on any atom is -0.449 e. The van der Waals surface area contributed by atoms with E-state index in [0.29, 0.717) is 5.56 Å². The van der Waals surface area contributed by atoms with E-state index in [-0.39, 0.29) is 23.4 Å². The number of esters is 1. The Morgan fingerprint density at radius 1 is 1.42 bits per heavy atom. The van der Waals surface area contributed by atoms with Crippen LogP contribution in [0.2, 0.25) is 0 Å². The van der Waals surface area contributed by atoms with Crippen molar-refractivity contribution < 1.29 is 14.3 Å². The van der Waals surface area contributed by atoms with E-state index >= 15 is 0 Å². The van der Waals surface area contributed by atoms with Gasteiger partial charge in [0.25, 0.3) is 5.91 Å². The Hall–Kier alpha value is -1.49. The van der Waals surface area contributed by atoms with Gasteiger partial charge in [-0.05, 0) is 25.0 Å². The fourth-order valence-corrected chi connectivity index (χ4v) is 4.01. The zero-order valence-corrected chi connectivity index (χ0v) is 11.5. The van der Waals surface area contributed by atoms with Crippen molar-refractivity contribution in [1.82, 2.24) is 4.90 Å². The van der Waals surface area contributed by atoms with Crippen LogP contribution in [0.5, 0.6) is 0 Å². The minimum absolute atomic E-state index is 0.00574. The van der Waals surface area contributed by atoms with Crippen LogP contribution < -0.4 is 0 Å². The van der Waals surface area contributed by atoms with Crippen LogP contribution in [0.25, 0.3) is 0 Å². The van der Waals surface area contributed by atoms with Crippen LogP contribution in [-0.2, 0) is 9.53 Å². The summed E-state index contributed by atoms with van der Waals surface area (Å²) in [4.78, 5) is 26.5. The van der Waals surface area contributed by atoms with Gasteiger partial charge in [-0.2, -0.15) is 0 Å². The van der Waals surface area contributed by atoms with Gasteiger partial charge in [-0.25, -0.2) is 0 Å². The molecule has 0 aromatic heterocycles. The quantitative estimate of drug-likeness (QED) is 0.739. The van der Waals surface area contributed by atoms with E-state index in [1.54, 1.807) is 0 Å². The molecule has 1 aromatic rings. The number of carbonyl (C=O) groups is 2. The summed E-state index contributed by atoms with van der Waals surface area (Å²) in [5, 5.41) is 0. The second-order valence-corrected chi connectivity index (χ2v) is 5.94. The maximum Gasteiger partial charge on any atom is 0.303 e. The topological polar surface area (TPSA) is 46.6 Å². The van der Waals surface area contributed by atoms with Gasteiger partial charge in [0.1, 0.15) is 0 Å². The Kier molecular flexibility index (Phi) is 3.22. The summed E-state index contributed by atoms with van der Waals surface area (Å²) in [6, 6.07) is 7.52. The van der Waals surface area contributed by atoms with Crippen LogP contribution >= 0.6 is 11.8 Å². The van der Waals surface area contributed by atoms with Crippen LogP contribution in [0, 0.1) is 0 Å². The van der Waals surface area contributed by atoms with E-state index in [4.69, 9.17) is 4.74 Å². The lowest BCUT2D eigenvalue weighted by Crippen LogP contribution is -2.41. The predicted octanol–water partition coefficient (Wildman–Crippen LogP) is 2.29. The van der Waals surface area contributed by atoms with Crippen LogP contribution in [0.4, 0.5) is 0 Å². The molecule has 19 heavy (non-hydrogen) atoms. The molecule has 1 aromatic carbocycles. The highest BCUT2D eigenvalue weighted by Crippen LogP contribution is 2.39. The predicted molar refractivity (Wildman–Crippen MR) is 71.9 cm³/mol. The molecule has 0 aliphatic carbocycles. The van der Waals surface area contributed by atoms with E-state index in [1.807, 2.05) is 29.2 Å². The number of rotatable bonds is 1. The monoisotopic (exact) mass is 277 g/mol. The zero-order chi connectivity index (χ0) is 13.4. The molecule has 2 heterocycles. The first kappa shape index (κ1) is 12.5. The van der Waals surface area contributed by atoms with Gasteiger partial charge in [0.2, 0.25) is 0 Å². The summed E-state index contributed by atoms with van der Waals surface area (Å²) in [5.74, 6) is -0.239. The zero-order valence-electron chi connectivity index (χ0n) is 10.7. The average molecular weight is 277 g/mol. The SMILES string of the molecule is CC(=O)OC1Sc2ccccc2C(=O)N2CCCC12. The third-order valence-electron chi connectivity index (χ3n) is 3.52. The van der Waals surface area contributed by atoms with E-state index in [0.717, 1.165) is 24.3 Å². The molecule has 2 aliphatic rings. The number of fused-ring (bicyclic) bond motifs is 2. The average Bonchev–Trinajstić information content (AvgIpc) is 2.83.